The molecule has 0 aliphatic heterocycles. The zero-order valence-corrected chi connectivity index (χ0v) is 14.6. The molecule has 0 spiro atoms. The molecule has 0 saturated carbocycles. The standard InChI is InChI=1S/C19H21ClN2O2/c1-14-7-3-4-8-15(14)13-22(2)18(23)11-12-21-19(24)16-9-5-6-10-17(16)20/h3-10H,11-13H2,1-2H3,(H,21,24). The molecule has 0 saturated heterocycles. The van der Waals surface area contributed by atoms with Crippen LogP contribution in [0.1, 0.15) is 27.9 Å². The van der Waals surface area contributed by atoms with Crippen molar-refractivity contribution in [1.82, 2.24) is 10.2 Å². The fourth-order valence-corrected chi connectivity index (χ4v) is 2.57. The minimum absolute atomic E-state index is 0.0160. The molecule has 0 radical (unpaired) electrons. The molecule has 2 aromatic rings. The van der Waals surface area contributed by atoms with E-state index < -0.39 is 0 Å². The third kappa shape index (κ3) is 4.83. The van der Waals surface area contributed by atoms with E-state index in [2.05, 4.69) is 5.32 Å². The van der Waals surface area contributed by atoms with Crippen LogP contribution in [0.3, 0.4) is 0 Å². The Morgan fingerprint density at radius 3 is 2.46 bits per heavy atom. The number of nitrogens with zero attached hydrogens (tertiary/aromatic N) is 1. The van der Waals surface area contributed by atoms with E-state index >= 15 is 0 Å². The molecule has 0 aliphatic carbocycles. The lowest BCUT2D eigenvalue weighted by molar-refractivity contribution is -0.130. The van der Waals surface area contributed by atoms with Gasteiger partial charge in [-0.05, 0) is 30.2 Å². The highest BCUT2D eigenvalue weighted by Crippen LogP contribution is 2.14. The molecule has 0 atom stereocenters. The predicted molar refractivity (Wildman–Crippen MR) is 96.1 cm³/mol. The van der Waals surface area contributed by atoms with Crippen LogP contribution in [0.25, 0.3) is 0 Å². The number of halogens is 1. The summed E-state index contributed by atoms with van der Waals surface area (Å²) in [6.45, 7) is 2.86. The third-order valence-corrected chi connectivity index (χ3v) is 4.17. The van der Waals surface area contributed by atoms with Gasteiger partial charge in [0.25, 0.3) is 5.91 Å². The molecule has 0 aliphatic rings. The van der Waals surface area contributed by atoms with Crippen LogP contribution in [0.4, 0.5) is 0 Å². The molecule has 2 rings (SSSR count). The van der Waals surface area contributed by atoms with Crippen molar-refractivity contribution in [3.63, 3.8) is 0 Å². The molecule has 0 fully saturated rings. The van der Waals surface area contributed by atoms with Crippen molar-refractivity contribution in [3.05, 3.63) is 70.2 Å². The second-order valence-electron chi connectivity index (χ2n) is 5.66. The molecule has 126 valence electrons. The normalized spacial score (nSPS) is 10.3. The summed E-state index contributed by atoms with van der Waals surface area (Å²) in [6.07, 6.45) is 0.249. The van der Waals surface area contributed by atoms with Gasteiger partial charge < -0.3 is 10.2 Å². The Bertz CT molecular complexity index is 731. The predicted octanol–water partition coefficient (Wildman–Crippen LogP) is 3.43. The number of aryl methyl sites for hydroxylation is 1. The smallest absolute Gasteiger partial charge is 0.252 e. The van der Waals surface area contributed by atoms with Crippen LogP contribution in [-0.2, 0) is 11.3 Å². The molecule has 1 N–H and O–H groups in total. The first-order valence-corrected chi connectivity index (χ1v) is 8.18. The molecule has 5 heteroatoms. The van der Waals surface area contributed by atoms with Crippen molar-refractivity contribution in [3.8, 4) is 0 Å². The van der Waals surface area contributed by atoms with E-state index in [1.54, 1.807) is 36.2 Å². The van der Waals surface area contributed by atoms with Crippen molar-refractivity contribution in [2.45, 2.75) is 19.9 Å². The maximum atomic E-state index is 12.2. The summed E-state index contributed by atoms with van der Waals surface area (Å²) in [4.78, 5) is 25.9. The quantitative estimate of drug-likeness (QED) is 0.872. The maximum Gasteiger partial charge on any atom is 0.252 e. The molecule has 2 aromatic carbocycles. The van der Waals surface area contributed by atoms with Gasteiger partial charge in [0, 0.05) is 26.6 Å². The first-order valence-electron chi connectivity index (χ1n) is 7.80. The van der Waals surface area contributed by atoms with Crippen molar-refractivity contribution in [1.29, 1.82) is 0 Å². The van der Waals surface area contributed by atoms with Crippen LogP contribution in [0.15, 0.2) is 48.5 Å². The Hall–Kier alpha value is -2.33. The Morgan fingerprint density at radius 2 is 1.75 bits per heavy atom. The Kier molecular flexibility index (Phi) is 6.38. The second kappa shape index (κ2) is 8.50. The van der Waals surface area contributed by atoms with E-state index in [-0.39, 0.29) is 24.8 Å². The van der Waals surface area contributed by atoms with Gasteiger partial charge >= 0.3 is 0 Å². The minimum atomic E-state index is -0.269. The average Bonchev–Trinajstić information content (AvgIpc) is 2.57. The van der Waals surface area contributed by atoms with Gasteiger partial charge in [-0.25, -0.2) is 0 Å². The lowest BCUT2D eigenvalue weighted by atomic mass is 10.1. The van der Waals surface area contributed by atoms with Crippen LogP contribution in [-0.4, -0.2) is 30.3 Å². The van der Waals surface area contributed by atoms with Crippen molar-refractivity contribution >= 4 is 23.4 Å². The number of amides is 2. The lowest BCUT2D eigenvalue weighted by Gasteiger charge is -2.18. The summed E-state index contributed by atoms with van der Waals surface area (Å²) < 4.78 is 0. The summed E-state index contributed by atoms with van der Waals surface area (Å²) in [5, 5.41) is 3.13. The number of carbonyl (C=O) groups excluding carboxylic acids is 2. The van der Waals surface area contributed by atoms with Gasteiger partial charge in [-0.15, -0.1) is 0 Å². The first kappa shape index (κ1) is 18.0. The molecule has 0 heterocycles. The van der Waals surface area contributed by atoms with E-state index in [1.165, 1.54) is 0 Å². The van der Waals surface area contributed by atoms with Gasteiger partial charge in [-0.3, -0.25) is 9.59 Å². The molecule has 24 heavy (non-hydrogen) atoms. The molecule has 4 nitrogen and oxygen atoms in total. The number of carbonyl (C=O) groups is 2. The number of hydrogen-bond acceptors (Lipinski definition) is 2. The molecule has 0 unspecified atom stereocenters. The topological polar surface area (TPSA) is 49.4 Å². The van der Waals surface area contributed by atoms with E-state index in [1.807, 2.05) is 31.2 Å². The average molecular weight is 345 g/mol. The van der Waals surface area contributed by atoms with Crippen LogP contribution < -0.4 is 5.32 Å². The van der Waals surface area contributed by atoms with Gasteiger partial charge in [0.05, 0.1) is 10.6 Å². The van der Waals surface area contributed by atoms with Gasteiger partial charge in [0.2, 0.25) is 5.91 Å². The van der Waals surface area contributed by atoms with E-state index in [0.29, 0.717) is 17.1 Å². The lowest BCUT2D eigenvalue weighted by Crippen LogP contribution is -2.32. The zero-order chi connectivity index (χ0) is 17.5. The highest BCUT2D eigenvalue weighted by atomic mass is 35.5. The molecular formula is C19H21ClN2O2. The molecule has 2 amide bonds. The zero-order valence-electron chi connectivity index (χ0n) is 13.9. The van der Waals surface area contributed by atoms with Gasteiger partial charge in [0.15, 0.2) is 0 Å². The Labute approximate surface area is 147 Å². The summed E-state index contributed by atoms with van der Waals surface area (Å²) >= 11 is 5.98. The molecular weight excluding hydrogens is 324 g/mol. The van der Waals surface area contributed by atoms with Crippen molar-refractivity contribution in [2.24, 2.45) is 0 Å². The SMILES string of the molecule is Cc1ccccc1CN(C)C(=O)CCNC(=O)c1ccccc1Cl. The number of nitrogens with one attached hydrogen (secondary N) is 1. The van der Waals surface area contributed by atoms with Gasteiger partial charge in [-0.1, -0.05) is 48.0 Å². The first-order chi connectivity index (χ1) is 11.5. The largest absolute Gasteiger partial charge is 0.351 e. The van der Waals surface area contributed by atoms with Gasteiger partial charge in [0.1, 0.15) is 0 Å². The Morgan fingerprint density at radius 1 is 1.08 bits per heavy atom. The van der Waals surface area contributed by atoms with Gasteiger partial charge in [-0.2, -0.15) is 0 Å². The van der Waals surface area contributed by atoms with Crippen LogP contribution in [0, 0.1) is 6.92 Å². The second-order valence-corrected chi connectivity index (χ2v) is 6.07. The van der Waals surface area contributed by atoms with Crippen LogP contribution in [0.5, 0.6) is 0 Å². The van der Waals surface area contributed by atoms with Crippen molar-refractivity contribution in [2.75, 3.05) is 13.6 Å². The van der Waals surface area contributed by atoms with Crippen LogP contribution in [0.2, 0.25) is 5.02 Å². The van der Waals surface area contributed by atoms with E-state index in [0.717, 1.165) is 11.1 Å². The fraction of sp³-hybridized carbons (Fsp3) is 0.263. The van der Waals surface area contributed by atoms with E-state index in [4.69, 9.17) is 11.6 Å². The number of benzene rings is 2. The number of hydrogen-bond donors (Lipinski definition) is 1. The fourth-order valence-electron chi connectivity index (χ4n) is 2.35. The molecule has 0 aromatic heterocycles. The highest BCUT2D eigenvalue weighted by molar-refractivity contribution is 6.33. The summed E-state index contributed by atoms with van der Waals surface area (Å²) in [7, 11) is 1.77. The van der Waals surface area contributed by atoms with Crippen LogP contribution >= 0.6 is 11.6 Å². The summed E-state index contributed by atoms with van der Waals surface area (Å²) in [5.41, 5.74) is 2.69. The number of rotatable bonds is 6. The monoisotopic (exact) mass is 344 g/mol. The molecule has 0 bridgehead atoms. The van der Waals surface area contributed by atoms with E-state index in [9.17, 15) is 9.59 Å². The maximum absolute atomic E-state index is 12.2. The Balaban J connectivity index is 1.82. The summed E-state index contributed by atoms with van der Waals surface area (Å²) in [6, 6.07) is 14.8. The summed E-state index contributed by atoms with van der Waals surface area (Å²) in [5.74, 6) is -0.285. The minimum Gasteiger partial charge on any atom is -0.351 e. The third-order valence-electron chi connectivity index (χ3n) is 3.84. The van der Waals surface area contributed by atoms with Crippen molar-refractivity contribution < 1.29 is 9.59 Å². The highest BCUT2D eigenvalue weighted by Gasteiger charge is 2.12.